The smallest absolute Gasteiger partial charge is 0.326 e. The average molecular weight is 545 g/mol. The fraction of sp³-hybridized carbons (Fsp3) is 0.519. The fourth-order valence-electron chi connectivity index (χ4n) is 4.27. The Labute approximate surface area is 227 Å². The predicted molar refractivity (Wildman–Crippen MR) is 146 cm³/mol. The number of aliphatic carboxylic acids is 1. The standard InChI is InChI=1S/C27H40N6O6/c1-14(2)9-18(28)24(35)31-21(12-23(29)34)26(37)32-20(10-15(3)4)25(36)33-22(27(38)39)11-16-13-30-19-8-6-5-7-17(16)19/h5-8,13-15,18,20-22,30H,9-12,28H2,1-4H3,(H2,29,34)(H,31,35)(H,32,37)(H,33,36)(H,38,39). The van der Waals surface area contributed by atoms with Gasteiger partial charge in [-0.15, -0.1) is 0 Å². The minimum absolute atomic E-state index is 0.0154. The summed E-state index contributed by atoms with van der Waals surface area (Å²) in [7, 11) is 0. The molecule has 0 bridgehead atoms. The lowest BCUT2D eigenvalue weighted by atomic mass is 10.00. The number of hydrogen-bond acceptors (Lipinski definition) is 6. The number of fused-ring (bicyclic) bond motifs is 1. The maximum absolute atomic E-state index is 13.2. The monoisotopic (exact) mass is 544 g/mol. The summed E-state index contributed by atoms with van der Waals surface area (Å²) in [6, 6.07) is 2.75. The van der Waals surface area contributed by atoms with Crippen LogP contribution in [0.4, 0.5) is 0 Å². The van der Waals surface area contributed by atoms with Crippen LogP contribution in [0, 0.1) is 11.8 Å². The SMILES string of the molecule is CC(C)CC(N)C(=O)NC(CC(N)=O)C(=O)NC(CC(C)C)C(=O)NC(Cc1c[nH]c2ccccc12)C(=O)O. The number of carbonyl (C=O) groups excluding carboxylic acids is 4. The highest BCUT2D eigenvalue weighted by molar-refractivity contribution is 5.96. The first-order chi connectivity index (χ1) is 18.3. The van der Waals surface area contributed by atoms with Crippen molar-refractivity contribution in [3.63, 3.8) is 0 Å². The van der Waals surface area contributed by atoms with Gasteiger partial charge in [0, 0.05) is 23.5 Å². The molecule has 0 aliphatic heterocycles. The zero-order chi connectivity index (χ0) is 29.3. The lowest BCUT2D eigenvalue weighted by molar-refractivity contribution is -0.142. The number of carbonyl (C=O) groups is 5. The molecule has 9 N–H and O–H groups in total. The van der Waals surface area contributed by atoms with Crippen LogP contribution in [0.2, 0.25) is 0 Å². The minimum atomic E-state index is -1.35. The zero-order valence-corrected chi connectivity index (χ0v) is 22.8. The normalized spacial score (nSPS) is 14.4. The molecule has 12 heteroatoms. The van der Waals surface area contributed by atoms with Gasteiger partial charge in [-0.25, -0.2) is 4.79 Å². The predicted octanol–water partition coefficient (Wildman–Crippen LogP) is 0.544. The van der Waals surface area contributed by atoms with Crippen molar-refractivity contribution in [1.29, 1.82) is 0 Å². The number of primary amides is 1. The van der Waals surface area contributed by atoms with E-state index in [1.165, 1.54) is 0 Å². The summed E-state index contributed by atoms with van der Waals surface area (Å²) >= 11 is 0. The topological polar surface area (TPSA) is 209 Å². The van der Waals surface area contributed by atoms with Gasteiger partial charge in [-0.1, -0.05) is 45.9 Å². The Balaban J connectivity index is 2.18. The molecule has 0 aliphatic carbocycles. The van der Waals surface area contributed by atoms with Crippen molar-refractivity contribution in [3.05, 3.63) is 36.0 Å². The maximum Gasteiger partial charge on any atom is 0.326 e. The molecule has 1 heterocycles. The molecule has 1 aromatic heterocycles. The number of carboxylic acid groups (broad SMARTS) is 1. The minimum Gasteiger partial charge on any atom is -0.480 e. The Bertz CT molecular complexity index is 1180. The molecule has 0 radical (unpaired) electrons. The lowest BCUT2D eigenvalue weighted by Crippen LogP contribution is -2.58. The van der Waals surface area contributed by atoms with E-state index in [-0.39, 0.29) is 24.7 Å². The van der Waals surface area contributed by atoms with E-state index in [4.69, 9.17) is 11.5 Å². The molecule has 39 heavy (non-hydrogen) atoms. The molecule has 12 nitrogen and oxygen atoms in total. The van der Waals surface area contributed by atoms with Gasteiger partial charge in [-0.05, 0) is 36.3 Å². The third kappa shape index (κ3) is 9.71. The maximum atomic E-state index is 13.2. The van der Waals surface area contributed by atoms with E-state index in [9.17, 15) is 29.1 Å². The Morgan fingerprint density at radius 2 is 1.41 bits per heavy atom. The molecule has 0 fully saturated rings. The van der Waals surface area contributed by atoms with Crippen LogP contribution in [0.3, 0.4) is 0 Å². The van der Waals surface area contributed by atoms with Gasteiger partial charge in [0.25, 0.3) is 0 Å². The Morgan fingerprint density at radius 3 is 2.00 bits per heavy atom. The summed E-state index contributed by atoms with van der Waals surface area (Å²) in [5.41, 5.74) is 12.7. The zero-order valence-electron chi connectivity index (χ0n) is 22.8. The van der Waals surface area contributed by atoms with E-state index in [0.717, 1.165) is 10.9 Å². The van der Waals surface area contributed by atoms with Gasteiger partial charge in [0.1, 0.15) is 18.1 Å². The first kappa shape index (κ1) is 31.3. The van der Waals surface area contributed by atoms with Gasteiger partial charge in [0.15, 0.2) is 0 Å². The molecule has 0 saturated heterocycles. The molecule has 4 atom stereocenters. The highest BCUT2D eigenvalue weighted by Crippen LogP contribution is 2.19. The van der Waals surface area contributed by atoms with Crippen LogP contribution < -0.4 is 27.4 Å². The highest BCUT2D eigenvalue weighted by Gasteiger charge is 2.32. The molecule has 214 valence electrons. The lowest BCUT2D eigenvalue weighted by Gasteiger charge is -2.26. The third-order valence-corrected chi connectivity index (χ3v) is 6.15. The number of para-hydroxylation sites is 1. The van der Waals surface area contributed by atoms with Crippen LogP contribution in [0.5, 0.6) is 0 Å². The van der Waals surface area contributed by atoms with Crippen LogP contribution in [0.15, 0.2) is 30.5 Å². The average Bonchev–Trinajstić information content (AvgIpc) is 3.24. The number of nitrogens with two attached hydrogens (primary N) is 2. The number of amides is 4. The van der Waals surface area contributed by atoms with Gasteiger partial charge in [0.2, 0.25) is 23.6 Å². The summed E-state index contributed by atoms with van der Waals surface area (Å²) in [5.74, 6) is -4.13. The number of aromatic nitrogens is 1. The van der Waals surface area contributed by atoms with Gasteiger partial charge in [-0.3, -0.25) is 19.2 Å². The van der Waals surface area contributed by atoms with Gasteiger partial charge < -0.3 is 37.5 Å². The second kappa shape index (κ2) is 14.3. The van der Waals surface area contributed by atoms with E-state index in [2.05, 4.69) is 20.9 Å². The molecular formula is C27H40N6O6. The number of aromatic amines is 1. The van der Waals surface area contributed by atoms with Crippen molar-refractivity contribution in [1.82, 2.24) is 20.9 Å². The van der Waals surface area contributed by atoms with Gasteiger partial charge >= 0.3 is 5.97 Å². The number of hydrogen-bond donors (Lipinski definition) is 7. The molecule has 0 spiro atoms. The van der Waals surface area contributed by atoms with E-state index in [0.29, 0.717) is 12.0 Å². The van der Waals surface area contributed by atoms with E-state index >= 15 is 0 Å². The van der Waals surface area contributed by atoms with E-state index in [1.807, 2.05) is 52.0 Å². The van der Waals surface area contributed by atoms with Crippen molar-refractivity contribution < 1.29 is 29.1 Å². The summed E-state index contributed by atoms with van der Waals surface area (Å²) in [6.07, 6.45) is 1.76. The van der Waals surface area contributed by atoms with Crippen LogP contribution in [-0.2, 0) is 30.4 Å². The molecule has 2 aromatic rings. The second-order valence-corrected chi connectivity index (χ2v) is 10.6. The van der Waals surface area contributed by atoms with Gasteiger partial charge in [-0.2, -0.15) is 0 Å². The molecule has 2 rings (SSSR count). The summed E-state index contributed by atoms with van der Waals surface area (Å²) in [4.78, 5) is 65.6. The largest absolute Gasteiger partial charge is 0.480 e. The Kier molecular flexibility index (Phi) is 11.5. The van der Waals surface area contributed by atoms with Crippen molar-refractivity contribution in [2.75, 3.05) is 0 Å². The molecular weight excluding hydrogens is 504 g/mol. The van der Waals surface area contributed by atoms with Crippen LogP contribution in [-0.4, -0.2) is 63.9 Å². The quantitative estimate of drug-likeness (QED) is 0.169. The molecule has 0 aliphatic rings. The highest BCUT2D eigenvalue weighted by atomic mass is 16.4. The Hall–Kier alpha value is -3.93. The number of rotatable bonds is 15. The first-order valence-corrected chi connectivity index (χ1v) is 13.0. The van der Waals surface area contributed by atoms with Crippen LogP contribution in [0.25, 0.3) is 10.9 Å². The summed E-state index contributed by atoms with van der Waals surface area (Å²) < 4.78 is 0. The van der Waals surface area contributed by atoms with E-state index in [1.54, 1.807) is 6.20 Å². The van der Waals surface area contributed by atoms with Crippen molar-refractivity contribution >= 4 is 40.5 Å². The number of H-pyrrole nitrogens is 1. The number of carboxylic acids is 1. The molecule has 1 aromatic carbocycles. The molecule has 0 saturated carbocycles. The van der Waals surface area contributed by atoms with Crippen LogP contribution in [0.1, 0.15) is 52.5 Å². The first-order valence-electron chi connectivity index (χ1n) is 13.0. The van der Waals surface area contributed by atoms with Crippen molar-refractivity contribution in [2.45, 2.75) is 77.5 Å². The second-order valence-electron chi connectivity index (χ2n) is 10.6. The van der Waals surface area contributed by atoms with Crippen LogP contribution >= 0.6 is 0 Å². The number of nitrogens with one attached hydrogen (secondary N) is 4. The molecule has 4 unspecified atom stereocenters. The van der Waals surface area contributed by atoms with Crippen molar-refractivity contribution in [3.8, 4) is 0 Å². The van der Waals surface area contributed by atoms with E-state index < -0.39 is 60.2 Å². The van der Waals surface area contributed by atoms with Gasteiger partial charge in [0.05, 0.1) is 12.5 Å². The third-order valence-electron chi connectivity index (χ3n) is 6.15. The van der Waals surface area contributed by atoms with Crippen molar-refractivity contribution in [2.24, 2.45) is 23.3 Å². The summed E-state index contributed by atoms with van der Waals surface area (Å²) in [6.45, 7) is 7.44. The Morgan fingerprint density at radius 1 is 0.846 bits per heavy atom. The number of benzene rings is 1. The molecule has 4 amide bonds. The summed E-state index contributed by atoms with van der Waals surface area (Å²) in [5, 5.41) is 18.2. The fourth-order valence-corrected chi connectivity index (χ4v) is 4.27.